The minimum atomic E-state index is -3.80. The normalized spacial score (nSPS) is 11.7. The molecule has 0 amide bonds. The van der Waals surface area contributed by atoms with Gasteiger partial charge in [0.05, 0.1) is 31.1 Å². The number of aromatic nitrogens is 2. The van der Waals surface area contributed by atoms with Crippen LogP contribution >= 0.6 is 11.6 Å². The SMILES string of the molecule is CCOc1cc(C)c(Cl)cc1S(=O)(=O)NCc1cc(COC)[nH]n1. The monoisotopic (exact) mass is 373 g/mol. The largest absolute Gasteiger partial charge is 0.492 e. The van der Waals surface area contributed by atoms with Crippen molar-refractivity contribution in [3.8, 4) is 5.75 Å². The van der Waals surface area contributed by atoms with Crippen molar-refractivity contribution in [2.45, 2.75) is 31.9 Å². The third-order valence-electron chi connectivity index (χ3n) is 3.24. The van der Waals surface area contributed by atoms with E-state index in [1.54, 1.807) is 33.1 Å². The van der Waals surface area contributed by atoms with E-state index >= 15 is 0 Å². The van der Waals surface area contributed by atoms with Gasteiger partial charge in [-0.3, -0.25) is 5.10 Å². The molecule has 0 atom stereocenters. The van der Waals surface area contributed by atoms with Crippen molar-refractivity contribution in [3.05, 3.63) is 40.2 Å². The second-order valence-electron chi connectivity index (χ2n) is 5.12. The van der Waals surface area contributed by atoms with Gasteiger partial charge in [-0.25, -0.2) is 13.1 Å². The number of halogens is 1. The minimum Gasteiger partial charge on any atom is -0.492 e. The van der Waals surface area contributed by atoms with Gasteiger partial charge in [0, 0.05) is 12.1 Å². The molecule has 0 bridgehead atoms. The summed E-state index contributed by atoms with van der Waals surface area (Å²) in [6.07, 6.45) is 0. The number of sulfonamides is 1. The van der Waals surface area contributed by atoms with Crippen LogP contribution in [0.1, 0.15) is 23.9 Å². The molecule has 132 valence electrons. The molecule has 0 radical (unpaired) electrons. The molecule has 24 heavy (non-hydrogen) atoms. The van der Waals surface area contributed by atoms with Gasteiger partial charge < -0.3 is 9.47 Å². The Morgan fingerprint density at radius 2 is 2.08 bits per heavy atom. The lowest BCUT2D eigenvalue weighted by Gasteiger charge is -2.13. The van der Waals surface area contributed by atoms with Crippen LogP contribution in [0.2, 0.25) is 5.02 Å². The Kier molecular flexibility index (Phi) is 6.22. The smallest absolute Gasteiger partial charge is 0.244 e. The molecule has 0 spiro atoms. The highest BCUT2D eigenvalue weighted by molar-refractivity contribution is 7.89. The molecule has 0 saturated heterocycles. The van der Waals surface area contributed by atoms with Crippen LogP contribution in [-0.2, 0) is 27.9 Å². The van der Waals surface area contributed by atoms with Crippen molar-refractivity contribution < 1.29 is 17.9 Å². The van der Waals surface area contributed by atoms with Crippen molar-refractivity contribution >= 4 is 21.6 Å². The molecule has 0 aliphatic rings. The van der Waals surface area contributed by atoms with E-state index in [1.807, 2.05) is 0 Å². The molecule has 0 aliphatic carbocycles. The van der Waals surface area contributed by atoms with E-state index < -0.39 is 10.0 Å². The van der Waals surface area contributed by atoms with Crippen molar-refractivity contribution in [3.63, 3.8) is 0 Å². The zero-order valence-corrected chi connectivity index (χ0v) is 15.3. The molecular formula is C15H20ClN3O4S. The van der Waals surface area contributed by atoms with Crippen molar-refractivity contribution in [2.75, 3.05) is 13.7 Å². The zero-order valence-electron chi connectivity index (χ0n) is 13.7. The van der Waals surface area contributed by atoms with Crippen LogP contribution in [0.15, 0.2) is 23.1 Å². The van der Waals surface area contributed by atoms with Crippen molar-refractivity contribution in [2.24, 2.45) is 0 Å². The average molecular weight is 374 g/mol. The van der Waals surface area contributed by atoms with Crippen molar-refractivity contribution in [1.82, 2.24) is 14.9 Å². The number of nitrogens with one attached hydrogen (secondary N) is 2. The predicted octanol–water partition coefficient (Wildman–Crippen LogP) is 2.40. The van der Waals surface area contributed by atoms with E-state index in [0.717, 1.165) is 11.3 Å². The van der Waals surface area contributed by atoms with Gasteiger partial charge >= 0.3 is 0 Å². The average Bonchev–Trinajstić information content (AvgIpc) is 2.97. The number of ether oxygens (including phenoxy) is 2. The van der Waals surface area contributed by atoms with Gasteiger partial charge in [-0.05, 0) is 37.6 Å². The number of aromatic amines is 1. The van der Waals surface area contributed by atoms with E-state index in [9.17, 15) is 8.42 Å². The molecule has 2 rings (SSSR count). The second-order valence-corrected chi connectivity index (χ2v) is 7.27. The van der Waals surface area contributed by atoms with Crippen LogP contribution in [0, 0.1) is 6.92 Å². The Bertz CT molecular complexity index is 805. The highest BCUT2D eigenvalue weighted by Gasteiger charge is 2.21. The molecule has 0 fully saturated rings. The topological polar surface area (TPSA) is 93.3 Å². The molecule has 0 unspecified atom stereocenters. The summed E-state index contributed by atoms with van der Waals surface area (Å²) in [6.45, 7) is 4.34. The highest BCUT2D eigenvalue weighted by atomic mass is 35.5. The van der Waals surface area contributed by atoms with Crippen molar-refractivity contribution in [1.29, 1.82) is 0 Å². The molecular weight excluding hydrogens is 354 g/mol. The Labute approximate surface area is 146 Å². The summed E-state index contributed by atoms with van der Waals surface area (Å²) >= 11 is 6.07. The van der Waals surface area contributed by atoms with E-state index in [2.05, 4.69) is 14.9 Å². The molecule has 0 saturated carbocycles. The molecule has 1 aromatic heterocycles. The molecule has 0 aliphatic heterocycles. The summed E-state index contributed by atoms with van der Waals surface area (Å²) in [5.41, 5.74) is 2.07. The first-order valence-corrected chi connectivity index (χ1v) is 9.18. The second kappa shape index (κ2) is 7.98. The summed E-state index contributed by atoms with van der Waals surface area (Å²) in [4.78, 5) is 0.00704. The number of nitrogens with zero attached hydrogens (tertiary/aromatic N) is 1. The number of methoxy groups -OCH3 is 1. The fraction of sp³-hybridized carbons (Fsp3) is 0.400. The Balaban J connectivity index is 2.21. The summed E-state index contributed by atoms with van der Waals surface area (Å²) in [6, 6.07) is 4.74. The molecule has 1 heterocycles. The fourth-order valence-electron chi connectivity index (χ4n) is 2.09. The number of benzene rings is 1. The van der Waals surface area contributed by atoms with Crippen LogP contribution in [0.3, 0.4) is 0 Å². The number of hydrogen-bond acceptors (Lipinski definition) is 5. The van der Waals surface area contributed by atoms with Gasteiger partial charge in [-0.2, -0.15) is 5.10 Å². The van der Waals surface area contributed by atoms with Crippen LogP contribution in [-0.4, -0.2) is 32.3 Å². The van der Waals surface area contributed by atoms with Gasteiger partial charge in [0.2, 0.25) is 10.0 Å². The van der Waals surface area contributed by atoms with Gasteiger partial charge in [-0.15, -0.1) is 0 Å². The Morgan fingerprint density at radius 3 is 2.75 bits per heavy atom. The third kappa shape index (κ3) is 4.47. The maximum Gasteiger partial charge on any atom is 0.244 e. The molecule has 2 N–H and O–H groups in total. The zero-order chi connectivity index (χ0) is 17.7. The van der Waals surface area contributed by atoms with Crippen LogP contribution in [0.25, 0.3) is 0 Å². The third-order valence-corrected chi connectivity index (χ3v) is 5.07. The summed E-state index contributed by atoms with van der Waals surface area (Å²) in [5, 5.41) is 7.17. The van der Waals surface area contributed by atoms with Crippen LogP contribution < -0.4 is 9.46 Å². The highest BCUT2D eigenvalue weighted by Crippen LogP contribution is 2.30. The minimum absolute atomic E-state index is 0.00704. The number of aryl methyl sites for hydroxylation is 1. The van der Waals surface area contributed by atoms with Gasteiger partial charge in [0.1, 0.15) is 10.6 Å². The molecule has 2 aromatic rings. The Hall–Kier alpha value is -1.61. The van der Waals surface area contributed by atoms with Crippen LogP contribution in [0.5, 0.6) is 5.75 Å². The fourth-order valence-corrected chi connectivity index (χ4v) is 3.47. The van der Waals surface area contributed by atoms with E-state index in [4.69, 9.17) is 21.1 Å². The predicted molar refractivity (Wildman–Crippen MR) is 90.7 cm³/mol. The van der Waals surface area contributed by atoms with E-state index in [0.29, 0.717) is 23.9 Å². The lowest BCUT2D eigenvalue weighted by Crippen LogP contribution is -2.24. The van der Waals surface area contributed by atoms with Gasteiger partial charge in [0.15, 0.2) is 0 Å². The Morgan fingerprint density at radius 1 is 1.33 bits per heavy atom. The number of rotatable bonds is 8. The van der Waals surface area contributed by atoms with Gasteiger partial charge in [0.25, 0.3) is 0 Å². The molecule has 9 heteroatoms. The standard InChI is InChI=1S/C15H20ClN3O4S/c1-4-23-14-5-10(2)13(16)7-15(14)24(20,21)17-8-11-6-12(9-22-3)19-18-11/h5-7,17H,4,8-9H2,1-3H3,(H,18,19). The first-order valence-electron chi connectivity index (χ1n) is 7.32. The maximum absolute atomic E-state index is 12.6. The summed E-state index contributed by atoms with van der Waals surface area (Å²) in [7, 11) is -2.23. The first-order chi connectivity index (χ1) is 11.4. The number of hydrogen-bond donors (Lipinski definition) is 2. The van der Waals surface area contributed by atoms with E-state index in [-0.39, 0.29) is 17.2 Å². The maximum atomic E-state index is 12.6. The summed E-state index contributed by atoms with van der Waals surface area (Å²) in [5.74, 6) is 0.272. The van der Waals surface area contributed by atoms with Gasteiger partial charge in [-0.1, -0.05) is 11.6 Å². The lowest BCUT2D eigenvalue weighted by molar-refractivity contribution is 0.181. The van der Waals surface area contributed by atoms with E-state index in [1.165, 1.54) is 6.07 Å². The number of H-pyrrole nitrogens is 1. The lowest BCUT2D eigenvalue weighted by atomic mass is 10.2. The van der Waals surface area contributed by atoms with Crippen LogP contribution in [0.4, 0.5) is 0 Å². The summed E-state index contributed by atoms with van der Waals surface area (Å²) < 4.78 is 38.1. The molecule has 7 nitrogen and oxygen atoms in total. The molecule has 1 aromatic carbocycles. The quantitative estimate of drug-likeness (QED) is 0.741. The first kappa shape index (κ1) is 18.7.